The van der Waals surface area contributed by atoms with E-state index in [1.54, 1.807) is 9.80 Å². The fourth-order valence-electron chi connectivity index (χ4n) is 3.93. The molecule has 226 valence electrons. The molecule has 1 aliphatic rings. The zero-order valence-electron chi connectivity index (χ0n) is 23.3. The molecule has 14 nitrogen and oxygen atoms in total. The number of carboxylic acids is 2. The van der Waals surface area contributed by atoms with E-state index >= 15 is 0 Å². The van der Waals surface area contributed by atoms with Crippen molar-refractivity contribution in [1.29, 1.82) is 0 Å². The summed E-state index contributed by atoms with van der Waals surface area (Å²) in [6, 6.07) is 0. The number of aliphatic carboxylic acids is 2. The van der Waals surface area contributed by atoms with E-state index in [0.717, 1.165) is 19.3 Å². The van der Waals surface area contributed by atoms with Gasteiger partial charge >= 0.3 is 11.9 Å². The molecule has 1 heterocycles. The molecule has 0 aliphatic carbocycles. The third-order valence-electron chi connectivity index (χ3n) is 6.01. The SMILES string of the molecule is CCCOCCOCCOCCNC(=O)CN1CCN(CC=O)CCN(CC(=O)O)CCN(CC(=O)O)CC1. The largest absolute Gasteiger partial charge is 0.480 e. The molecule has 0 aromatic rings. The van der Waals surface area contributed by atoms with Gasteiger partial charge in [0.2, 0.25) is 5.91 Å². The molecule has 0 atom stereocenters. The number of amides is 1. The van der Waals surface area contributed by atoms with Crippen molar-refractivity contribution < 1.29 is 43.6 Å². The van der Waals surface area contributed by atoms with Crippen molar-refractivity contribution in [3.05, 3.63) is 0 Å². The molecule has 0 spiro atoms. The van der Waals surface area contributed by atoms with Crippen molar-refractivity contribution in [2.24, 2.45) is 0 Å². The minimum atomic E-state index is -0.969. The first kappa shape index (κ1) is 34.8. The molecule has 1 aliphatic heterocycles. The number of carboxylic acid groups (broad SMARTS) is 2. The predicted molar refractivity (Wildman–Crippen MR) is 143 cm³/mol. The summed E-state index contributed by atoms with van der Waals surface area (Å²) < 4.78 is 16.2. The molecule has 0 aromatic heterocycles. The molecule has 39 heavy (non-hydrogen) atoms. The van der Waals surface area contributed by atoms with Gasteiger partial charge in [-0.2, -0.15) is 0 Å². The highest BCUT2D eigenvalue weighted by atomic mass is 16.5. The molecule has 1 amide bonds. The molecular formula is C25H47N5O9. The van der Waals surface area contributed by atoms with Gasteiger partial charge in [-0.3, -0.25) is 34.0 Å². The van der Waals surface area contributed by atoms with Crippen LogP contribution in [0.15, 0.2) is 0 Å². The van der Waals surface area contributed by atoms with Gasteiger partial charge in [0.25, 0.3) is 0 Å². The summed E-state index contributed by atoms with van der Waals surface area (Å²) in [5.74, 6) is -2.10. The Morgan fingerprint density at radius 3 is 1.51 bits per heavy atom. The van der Waals surface area contributed by atoms with E-state index in [0.29, 0.717) is 91.9 Å². The summed E-state index contributed by atoms with van der Waals surface area (Å²) in [6.45, 7) is 8.97. The number of nitrogens with zero attached hydrogens (tertiary/aromatic N) is 4. The second kappa shape index (κ2) is 22.6. The number of carbonyl (C=O) groups excluding carboxylic acids is 2. The molecule has 14 heteroatoms. The van der Waals surface area contributed by atoms with Gasteiger partial charge in [-0.1, -0.05) is 6.92 Å². The lowest BCUT2D eigenvalue weighted by atomic mass is 10.3. The summed E-state index contributed by atoms with van der Waals surface area (Å²) in [6.07, 6.45) is 1.79. The number of nitrogens with one attached hydrogen (secondary N) is 1. The predicted octanol–water partition coefficient (Wildman–Crippen LogP) is -1.85. The lowest BCUT2D eigenvalue weighted by Gasteiger charge is -2.32. The third-order valence-corrected chi connectivity index (χ3v) is 6.01. The lowest BCUT2D eigenvalue weighted by molar-refractivity contribution is -0.140. The molecule has 0 saturated carbocycles. The van der Waals surface area contributed by atoms with Crippen LogP contribution in [0, 0.1) is 0 Å². The van der Waals surface area contributed by atoms with Crippen LogP contribution in [0.2, 0.25) is 0 Å². The lowest BCUT2D eigenvalue weighted by Crippen LogP contribution is -2.49. The molecule has 3 N–H and O–H groups in total. The Balaban J connectivity index is 2.52. The van der Waals surface area contributed by atoms with E-state index in [-0.39, 0.29) is 32.1 Å². The molecule has 1 fully saturated rings. The van der Waals surface area contributed by atoms with Crippen molar-refractivity contribution in [2.45, 2.75) is 13.3 Å². The maximum atomic E-state index is 12.6. The van der Waals surface area contributed by atoms with Crippen molar-refractivity contribution in [1.82, 2.24) is 24.9 Å². The van der Waals surface area contributed by atoms with Gasteiger partial charge in [0.1, 0.15) is 6.29 Å². The average Bonchev–Trinajstić information content (AvgIpc) is 2.88. The van der Waals surface area contributed by atoms with Crippen molar-refractivity contribution in [3.63, 3.8) is 0 Å². The normalized spacial score (nSPS) is 17.3. The Morgan fingerprint density at radius 2 is 1.08 bits per heavy atom. The van der Waals surface area contributed by atoms with Gasteiger partial charge in [0.15, 0.2) is 0 Å². The van der Waals surface area contributed by atoms with E-state index < -0.39 is 11.9 Å². The summed E-state index contributed by atoms with van der Waals surface area (Å²) >= 11 is 0. The quantitative estimate of drug-likeness (QED) is 0.119. The highest BCUT2D eigenvalue weighted by Gasteiger charge is 2.20. The number of aldehydes is 1. The van der Waals surface area contributed by atoms with Crippen LogP contribution >= 0.6 is 0 Å². The molecule has 1 rings (SSSR count). The fraction of sp³-hybridized carbons (Fsp3) is 0.840. The van der Waals surface area contributed by atoms with Crippen molar-refractivity contribution in [3.8, 4) is 0 Å². The van der Waals surface area contributed by atoms with Crippen LogP contribution in [0.25, 0.3) is 0 Å². The van der Waals surface area contributed by atoms with Gasteiger partial charge in [-0.15, -0.1) is 0 Å². The van der Waals surface area contributed by atoms with E-state index in [1.807, 2.05) is 16.7 Å². The summed E-state index contributed by atoms with van der Waals surface area (Å²) in [5, 5.41) is 21.4. The Morgan fingerprint density at radius 1 is 0.667 bits per heavy atom. The second-order valence-corrected chi connectivity index (χ2v) is 9.27. The van der Waals surface area contributed by atoms with Crippen molar-refractivity contribution >= 4 is 24.1 Å². The summed E-state index contributed by atoms with van der Waals surface area (Å²) in [7, 11) is 0. The Hall–Kier alpha value is -2.20. The number of hydrogen-bond acceptors (Lipinski definition) is 11. The monoisotopic (exact) mass is 561 g/mol. The maximum Gasteiger partial charge on any atom is 0.317 e. The fourth-order valence-corrected chi connectivity index (χ4v) is 3.93. The molecule has 0 unspecified atom stereocenters. The van der Waals surface area contributed by atoms with Crippen LogP contribution in [-0.4, -0.2) is 179 Å². The smallest absolute Gasteiger partial charge is 0.317 e. The number of rotatable bonds is 19. The van der Waals surface area contributed by atoms with Crippen LogP contribution in [0.3, 0.4) is 0 Å². The first-order valence-electron chi connectivity index (χ1n) is 13.6. The zero-order valence-corrected chi connectivity index (χ0v) is 23.3. The van der Waals surface area contributed by atoms with Gasteiger partial charge in [-0.25, -0.2) is 0 Å². The molecular weight excluding hydrogens is 514 g/mol. The number of hydrogen-bond donors (Lipinski definition) is 3. The average molecular weight is 562 g/mol. The molecule has 1 saturated heterocycles. The van der Waals surface area contributed by atoms with Crippen LogP contribution in [0.4, 0.5) is 0 Å². The van der Waals surface area contributed by atoms with E-state index in [4.69, 9.17) is 14.2 Å². The first-order chi connectivity index (χ1) is 18.8. The van der Waals surface area contributed by atoms with Gasteiger partial charge < -0.3 is 34.5 Å². The van der Waals surface area contributed by atoms with Crippen LogP contribution in [0.1, 0.15) is 13.3 Å². The Bertz CT molecular complexity index is 701. The highest BCUT2D eigenvalue weighted by Crippen LogP contribution is 2.01. The second-order valence-electron chi connectivity index (χ2n) is 9.27. The van der Waals surface area contributed by atoms with Gasteiger partial charge in [-0.05, 0) is 6.42 Å². The summed E-state index contributed by atoms with van der Waals surface area (Å²) in [5.41, 5.74) is 0. The first-order valence-corrected chi connectivity index (χ1v) is 13.6. The molecule has 0 bridgehead atoms. The minimum Gasteiger partial charge on any atom is -0.480 e. The van der Waals surface area contributed by atoms with E-state index in [1.165, 1.54) is 0 Å². The Kier molecular flexibility index (Phi) is 20.2. The van der Waals surface area contributed by atoms with Gasteiger partial charge in [0, 0.05) is 65.5 Å². The maximum absolute atomic E-state index is 12.6. The molecule has 0 aromatic carbocycles. The van der Waals surface area contributed by atoms with E-state index in [2.05, 4.69) is 5.32 Å². The van der Waals surface area contributed by atoms with Crippen molar-refractivity contribution in [2.75, 3.05) is 125 Å². The standard InChI is InChI=1S/C25H47N5O9/c1-2-14-37-16-18-39-19-17-38-15-3-26-23(32)20-28-6-4-27(12-13-31)5-7-29(21-24(33)34)10-11-30(9-8-28)22-25(35)36/h13H,2-12,14-22H2,1H3,(H,26,32)(H,33,34)(H,35,36). The topological polar surface area (TPSA) is 161 Å². The summed E-state index contributed by atoms with van der Waals surface area (Å²) in [4.78, 5) is 53.7. The van der Waals surface area contributed by atoms with Crippen LogP contribution in [0.5, 0.6) is 0 Å². The molecule has 0 radical (unpaired) electrons. The Labute approximate surface area is 231 Å². The van der Waals surface area contributed by atoms with E-state index in [9.17, 15) is 29.4 Å². The third kappa shape index (κ3) is 19.5. The van der Waals surface area contributed by atoms with Crippen LogP contribution in [-0.2, 0) is 33.4 Å². The highest BCUT2D eigenvalue weighted by molar-refractivity contribution is 5.78. The van der Waals surface area contributed by atoms with Gasteiger partial charge in [0.05, 0.1) is 59.2 Å². The number of ether oxygens (including phenoxy) is 3. The van der Waals surface area contributed by atoms with Crippen LogP contribution < -0.4 is 5.32 Å². The minimum absolute atomic E-state index is 0.127. The number of carbonyl (C=O) groups is 4. The zero-order chi connectivity index (χ0) is 28.7.